The molecule has 0 aromatic rings. The van der Waals surface area contributed by atoms with Crippen molar-refractivity contribution in [2.24, 2.45) is 0 Å². The van der Waals surface area contributed by atoms with Crippen LogP contribution >= 0.6 is 11.8 Å². The third-order valence-corrected chi connectivity index (χ3v) is 7.08. The molecule has 0 aromatic heterocycles. The van der Waals surface area contributed by atoms with Gasteiger partial charge < -0.3 is 44.4 Å². The fourth-order valence-electron chi connectivity index (χ4n) is 3.75. The second-order valence-electron chi connectivity index (χ2n) is 8.27. The SMILES string of the molecule is COCCOCCOCCOCCOCCOCCNC(=O)CCCCC1SCC2NC(=O)NC21. The molecule has 0 aromatic carbocycles. The highest BCUT2D eigenvalue weighted by Crippen LogP contribution is 2.33. The van der Waals surface area contributed by atoms with Crippen LogP contribution in [0.4, 0.5) is 4.79 Å². The number of hydrogen-bond donors (Lipinski definition) is 3. The monoisotopic (exact) mass is 521 g/mol. The van der Waals surface area contributed by atoms with Crippen LogP contribution in [0.25, 0.3) is 0 Å². The van der Waals surface area contributed by atoms with E-state index in [2.05, 4.69) is 16.0 Å². The van der Waals surface area contributed by atoms with E-state index in [4.69, 9.17) is 28.4 Å². The number of rotatable bonds is 23. The number of ether oxygens (including phenoxy) is 6. The molecule has 0 bridgehead atoms. The van der Waals surface area contributed by atoms with Crippen LogP contribution in [0.3, 0.4) is 0 Å². The lowest BCUT2D eigenvalue weighted by Crippen LogP contribution is -2.36. The lowest BCUT2D eigenvalue weighted by molar-refractivity contribution is -0.121. The van der Waals surface area contributed by atoms with E-state index < -0.39 is 0 Å². The Morgan fingerprint density at radius 1 is 0.857 bits per heavy atom. The second-order valence-corrected chi connectivity index (χ2v) is 9.54. The average molecular weight is 522 g/mol. The summed E-state index contributed by atoms with van der Waals surface area (Å²) in [6.45, 7) is 6.27. The van der Waals surface area contributed by atoms with Gasteiger partial charge in [0.25, 0.3) is 0 Å². The summed E-state index contributed by atoms with van der Waals surface area (Å²) in [4.78, 5) is 23.3. The number of fused-ring (bicyclic) bond motifs is 1. The highest BCUT2D eigenvalue weighted by molar-refractivity contribution is 8.00. The molecule has 2 rings (SSSR count). The molecule has 12 heteroatoms. The van der Waals surface area contributed by atoms with Crippen LogP contribution in [0, 0.1) is 0 Å². The molecule has 11 nitrogen and oxygen atoms in total. The van der Waals surface area contributed by atoms with Crippen LogP contribution in [-0.4, -0.2) is 121 Å². The lowest BCUT2D eigenvalue weighted by Gasteiger charge is -2.16. The highest BCUT2D eigenvalue weighted by Gasteiger charge is 2.42. The molecule has 204 valence electrons. The van der Waals surface area contributed by atoms with Crippen LogP contribution in [0.15, 0.2) is 0 Å². The van der Waals surface area contributed by atoms with Gasteiger partial charge >= 0.3 is 6.03 Å². The van der Waals surface area contributed by atoms with Crippen molar-refractivity contribution in [3.05, 3.63) is 0 Å². The highest BCUT2D eigenvalue weighted by atomic mass is 32.2. The van der Waals surface area contributed by atoms with Gasteiger partial charge in [-0.2, -0.15) is 11.8 Å². The van der Waals surface area contributed by atoms with Crippen molar-refractivity contribution in [1.82, 2.24) is 16.0 Å². The first-order chi connectivity index (χ1) is 17.2. The molecule has 2 fully saturated rings. The van der Waals surface area contributed by atoms with Gasteiger partial charge in [-0.15, -0.1) is 0 Å². The number of carbonyl (C=O) groups is 2. The zero-order valence-electron chi connectivity index (χ0n) is 20.9. The summed E-state index contributed by atoms with van der Waals surface area (Å²) < 4.78 is 31.9. The fourth-order valence-corrected chi connectivity index (χ4v) is 5.29. The zero-order chi connectivity index (χ0) is 25.0. The predicted octanol–water partition coefficient (Wildman–Crippen LogP) is 0.558. The Balaban J connectivity index is 1.25. The molecule has 0 saturated carbocycles. The van der Waals surface area contributed by atoms with E-state index in [1.165, 1.54) is 0 Å². The van der Waals surface area contributed by atoms with Gasteiger partial charge in [0.05, 0.1) is 84.8 Å². The van der Waals surface area contributed by atoms with Gasteiger partial charge in [-0.3, -0.25) is 4.79 Å². The van der Waals surface area contributed by atoms with E-state index in [0.29, 0.717) is 90.9 Å². The quantitative estimate of drug-likeness (QED) is 0.131. The van der Waals surface area contributed by atoms with E-state index in [-0.39, 0.29) is 24.0 Å². The number of carbonyl (C=O) groups excluding carboxylic acids is 2. The fraction of sp³-hybridized carbons (Fsp3) is 0.913. The zero-order valence-corrected chi connectivity index (χ0v) is 21.7. The second kappa shape index (κ2) is 20.0. The van der Waals surface area contributed by atoms with Gasteiger partial charge in [-0.1, -0.05) is 6.42 Å². The summed E-state index contributed by atoms with van der Waals surface area (Å²) in [5.41, 5.74) is 0. The Morgan fingerprint density at radius 3 is 2.03 bits per heavy atom. The van der Waals surface area contributed by atoms with E-state index in [9.17, 15) is 9.59 Å². The Bertz CT molecular complexity index is 575. The standard InChI is InChI=1S/C23H43N3O8S/c1-29-8-9-31-12-13-33-16-17-34-15-14-32-11-10-30-7-6-24-21(27)5-3-2-4-20-22-19(18-35-20)25-23(28)26-22/h19-20,22H,2-18H2,1H3,(H,24,27)(H2,25,26,28). The number of hydrogen-bond acceptors (Lipinski definition) is 9. The lowest BCUT2D eigenvalue weighted by atomic mass is 10.0. The van der Waals surface area contributed by atoms with Gasteiger partial charge in [0.1, 0.15) is 0 Å². The minimum absolute atomic E-state index is 0.0531. The number of methoxy groups -OCH3 is 1. The van der Waals surface area contributed by atoms with E-state index in [1.54, 1.807) is 7.11 Å². The Hall–Kier alpha value is -1.15. The van der Waals surface area contributed by atoms with Gasteiger partial charge in [0.2, 0.25) is 5.91 Å². The maximum atomic E-state index is 11.9. The molecule has 0 spiro atoms. The van der Waals surface area contributed by atoms with Crippen molar-refractivity contribution < 1.29 is 38.0 Å². The molecule has 35 heavy (non-hydrogen) atoms. The van der Waals surface area contributed by atoms with Gasteiger partial charge in [0, 0.05) is 31.1 Å². The van der Waals surface area contributed by atoms with Crippen LogP contribution in [0.5, 0.6) is 0 Å². The first kappa shape index (κ1) is 30.1. The summed E-state index contributed by atoms with van der Waals surface area (Å²) in [7, 11) is 1.64. The minimum Gasteiger partial charge on any atom is -0.382 e. The molecule has 3 atom stereocenters. The maximum Gasteiger partial charge on any atom is 0.315 e. The number of amides is 3. The molecule has 2 heterocycles. The molecular formula is C23H43N3O8S. The molecule has 0 aliphatic carbocycles. The first-order valence-corrected chi connectivity index (χ1v) is 13.6. The summed E-state index contributed by atoms with van der Waals surface area (Å²) >= 11 is 1.91. The van der Waals surface area contributed by atoms with Crippen molar-refractivity contribution in [2.45, 2.75) is 43.0 Å². The molecule has 0 radical (unpaired) electrons. The third kappa shape index (κ3) is 14.2. The summed E-state index contributed by atoms with van der Waals surface area (Å²) in [6.07, 6.45) is 3.38. The largest absolute Gasteiger partial charge is 0.382 e. The molecule has 2 saturated heterocycles. The smallest absolute Gasteiger partial charge is 0.315 e. The molecule has 2 aliphatic heterocycles. The van der Waals surface area contributed by atoms with E-state index in [1.807, 2.05) is 11.8 Å². The van der Waals surface area contributed by atoms with Crippen molar-refractivity contribution in [1.29, 1.82) is 0 Å². The summed E-state index contributed by atoms with van der Waals surface area (Å²) in [5, 5.41) is 9.28. The van der Waals surface area contributed by atoms with Crippen molar-refractivity contribution in [2.75, 3.05) is 92.1 Å². The predicted molar refractivity (Wildman–Crippen MR) is 133 cm³/mol. The van der Waals surface area contributed by atoms with Crippen LogP contribution in [-0.2, 0) is 33.2 Å². The van der Waals surface area contributed by atoms with Crippen molar-refractivity contribution in [3.8, 4) is 0 Å². The minimum atomic E-state index is -0.0545. The topological polar surface area (TPSA) is 126 Å². The summed E-state index contributed by atoms with van der Waals surface area (Å²) in [6, 6.07) is 0.436. The molecule has 3 unspecified atom stereocenters. The van der Waals surface area contributed by atoms with Gasteiger partial charge in [-0.05, 0) is 12.8 Å². The normalized spacial score (nSPS) is 21.1. The van der Waals surface area contributed by atoms with Crippen molar-refractivity contribution >= 4 is 23.7 Å². The average Bonchev–Trinajstić information content (AvgIpc) is 3.40. The first-order valence-electron chi connectivity index (χ1n) is 12.5. The summed E-state index contributed by atoms with van der Waals surface area (Å²) in [5.74, 6) is 1.02. The molecule has 2 aliphatic rings. The van der Waals surface area contributed by atoms with Crippen LogP contribution in [0.1, 0.15) is 25.7 Å². The molecule has 3 N–H and O–H groups in total. The van der Waals surface area contributed by atoms with Crippen LogP contribution < -0.4 is 16.0 Å². The Labute approximate surface area is 213 Å². The number of nitrogens with one attached hydrogen (secondary N) is 3. The maximum absolute atomic E-state index is 11.9. The number of unbranched alkanes of at least 4 members (excludes halogenated alkanes) is 1. The van der Waals surface area contributed by atoms with Gasteiger partial charge in [0.15, 0.2) is 0 Å². The van der Waals surface area contributed by atoms with Crippen molar-refractivity contribution in [3.63, 3.8) is 0 Å². The number of thioether (sulfide) groups is 1. The van der Waals surface area contributed by atoms with Gasteiger partial charge in [-0.25, -0.2) is 4.79 Å². The third-order valence-electron chi connectivity index (χ3n) is 5.57. The van der Waals surface area contributed by atoms with Crippen LogP contribution in [0.2, 0.25) is 0 Å². The van der Waals surface area contributed by atoms with E-state index in [0.717, 1.165) is 25.0 Å². The number of urea groups is 1. The Kier molecular flexibility index (Phi) is 17.2. The van der Waals surface area contributed by atoms with E-state index >= 15 is 0 Å². The molecular weight excluding hydrogens is 478 g/mol. The molecule has 3 amide bonds. The Morgan fingerprint density at radius 2 is 1.43 bits per heavy atom.